The van der Waals surface area contributed by atoms with E-state index in [0.29, 0.717) is 24.9 Å². The van der Waals surface area contributed by atoms with Crippen molar-refractivity contribution in [2.24, 2.45) is 17.8 Å². The number of aliphatic hydroxyl groups excluding tert-OH is 1. The summed E-state index contributed by atoms with van der Waals surface area (Å²) >= 11 is 0. The smallest absolute Gasteiger partial charge is 0.410 e. The second kappa shape index (κ2) is 24.9. The van der Waals surface area contributed by atoms with Crippen molar-refractivity contribution in [3.05, 3.63) is 48.3 Å². The number of H-pyrrole nitrogens is 1. The minimum atomic E-state index is -0.911. The number of likely N-dealkylation sites (tertiary alicyclic amines) is 1. The van der Waals surface area contributed by atoms with Gasteiger partial charge in [-0.2, -0.15) is 0 Å². The lowest BCUT2D eigenvalue weighted by atomic mass is 9.90. The maximum Gasteiger partial charge on any atom is 0.410 e. The SMILES string of the molecule is CCC(C)C(C(CC(=O)N1CCCC1C(OC)C(C)C(=O)NC(C)C(O)c1ccccc1)OC)N(C)C(=O)CNC(=O)C(C(C)C)N(C)C(=O)OCC(C)(C)SSc1ncc[nH]1. The second-order valence-electron chi connectivity index (χ2n) is 17.2. The first kappa shape index (κ1) is 52.5. The van der Waals surface area contributed by atoms with Gasteiger partial charge < -0.3 is 44.7 Å². The monoisotopic (exact) mass is 905 g/mol. The summed E-state index contributed by atoms with van der Waals surface area (Å²) < 4.78 is 17.1. The maximum absolute atomic E-state index is 14.2. The average molecular weight is 906 g/mol. The zero-order chi connectivity index (χ0) is 46.3. The first-order chi connectivity index (χ1) is 29.3. The third-order valence-corrected chi connectivity index (χ3v) is 14.8. The van der Waals surface area contributed by atoms with Crippen LogP contribution < -0.4 is 10.6 Å². The molecule has 5 amide bonds. The normalized spacial score (nSPS) is 18.2. The zero-order valence-corrected chi connectivity index (χ0v) is 40.2. The predicted molar refractivity (Wildman–Crippen MR) is 242 cm³/mol. The van der Waals surface area contributed by atoms with Crippen molar-refractivity contribution in [3.8, 4) is 0 Å². The Balaban J connectivity index is 1.64. The molecular formula is C44H71N7O9S2. The summed E-state index contributed by atoms with van der Waals surface area (Å²) in [5.41, 5.74) is 0.693. The minimum Gasteiger partial charge on any atom is -0.448 e. The van der Waals surface area contributed by atoms with Crippen LogP contribution in [0.4, 0.5) is 4.79 Å². The summed E-state index contributed by atoms with van der Waals surface area (Å²) in [6, 6.07) is 6.76. The van der Waals surface area contributed by atoms with Gasteiger partial charge in [0.1, 0.15) is 12.6 Å². The highest BCUT2D eigenvalue weighted by atomic mass is 33.1. The summed E-state index contributed by atoms with van der Waals surface area (Å²) in [5.74, 6) is -2.38. The number of methoxy groups -OCH3 is 2. The van der Waals surface area contributed by atoms with Crippen molar-refractivity contribution in [1.29, 1.82) is 0 Å². The Morgan fingerprint density at radius 2 is 1.69 bits per heavy atom. The van der Waals surface area contributed by atoms with Crippen molar-refractivity contribution in [3.63, 3.8) is 0 Å². The Morgan fingerprint density at radius 3 is 2.27 bits per heavy atom. The molecule has 0 saturated carbocycles. The topological polar surface area (TPSA) is 196 Å². The zero-order valence-electron chi connectivity index (χ0n) is 38.6. The van der Waals surface area contributed by atoms with E-state index in [2.05, 4.69) is 20.6 Å². The van der Waals surface area contributed by atoms with Crippen molar-refractivity contribution >= 4 is 51.3 Å². The highest BCUT2D eigenvalue weighted by Crippen LogP contribution is 2.39. The lowest BCUT2D eigenvalue weighted by Gasteiger charge is -2.39. The van der Waals surface area contributed by atoms with Crippen LogP contribution >= 0.6 is 21.6 Å². The number of ether oxygens (including phenoxy) is 3. The van der Waals surface area contributed by atoms with Crippen LogP contribution in [0.25, 0.3) is 0 Å². The number of carbonyl (C=O) groups excluding carboxylic acids is 5. The molecule has 18 heteroatoms. The van der Waals surface area contributed by atoms with Gasteiger partial charge in [0, 0.05) is 47.3 Å². The number of hydrogen-bond donors (Lipinski definition) is 4. The molecule has 348 valence electrons. The number of aromatic nitrogens is 2. The highest BCUT2D eigenvalue weighted by molar-refractivity contribution is 8.77. The molecule has 2 aromatic rings. The molecule has 1 fully saturated rings. The number of nitrogens with one attached hydrogen (secondary N) is 3. The molecule has 1 aliphatic heterocycles. The van der Waals surface area contributed by atoms with Gasteiger partial charge in [-0.25, -0.2) is 9.78 Å². The van der Waals surface area contributed by atoms with Gasteiger partial charge in [-0.15, -0.1) is 0 Å². The minimum absolute atomic E-state index is 0.0253. The predicted octanol–water partition coefficient (Wildman–Crippen LogP) is 5.30. The molecule has 0 radical (unpaired) electrons. The Morgan fingerprint density at radius 1 is 1.02 bits per heavy atom. The van der Waals surface area contributed by atoms with Gasteiger partial charge >= 0.3 is 6.09 Å². The van der Waals surface area contributed by atoms with Gasteiger partial charge in [0.15, 0.2) is 5.16 Å². The van der Waals surface area contributed by atoms with E-state index in [9.17, 15) is 29.1 Å². The van der Waals surface area contributed by atoms with Crippen LogP contribution in [-0.2, 0) is 33.4 Å². The summed E-state index contributed by atoms with van der Waals surface area (Å²) in [6.45, 7) is 15.2. The Kier molecular flexibility index (Phi) is 21.1. The lowest BCUT2D eigenvalue weighted by Crippen LogP contribution is -2.56. The van der Waals surface area contributed by atoms with Gasteiger partial charge in [0.25, 0.3) is 0 Å². The van der Waals surface area contributed by atoms with Crippen LogP contribution in [0.2, 0.25) is 0 Å². The third-order valence-electron chi connectivity index (χ3n) is 11.7. The number of aromatic amines is 1. The van der Waals surface area contributed by atoms with Crippen LogP contribution in [0.5, 0.6) is 0 Å². The van der Waals surface area contributed by atoms with E-state index >= 15 is 0 Å². The standard InChI is InChI=1S/C44H71N7O9S2/c1-13-28(4)37(49(9)35(53)25-47-41(56)36(27(2)3)50(10)43(57)60-26-44(7,8)62-61-42-45-21-22-46-42)33(58-11)24-34(52)51-23-17-20-32(51)39(59-12)29(5)40(55)48-30(6)38(54)31-18-15-14-16-19-31/h14-16,18-19,21-22,27-30,32-33,36-39,54H,13,17,20,23-26H2,1-12H3,(H,45,46)(H,47,56)(H,48,55). The number of hydrogen-bond acceptors (Lipinski definition) is 12. The molecule has 2 heterocycles. The van der Waals surface area contributed by atoms with E-state index < -0.39 is 59.1 Å². The van der Waals surface area contributed by atoms with Gasteiger partial charge in [-0.3, -0.25) is 24.1 Å². The quantitative estimate of drug-likeness (QED) is 0.0996. The summed E-state index contributed by atoms with van der Waals surface area (Å²) in [7, 11) is 9.14. The molecule has 0 aliphatic carbocycles. The fourth-order valence-corrected chi connectivity index (χ4v) is 9.90. The van der Waals surface area contributed by atoms with E-state index in [1.165, 1.54) is 52.7 Å². The molecule has 1 aliphatic rings. The molecular weight excluding hydrogens is 835 g/mol. The largest absolute Gasteiger partial charge is 0.448 e. The fraction of sp³-hybridized carbons (Fsp3) is 0.682. The number of carbonyl (C=O) groups is 5. The second-order valence-corrected chi connectivity index (χ2v) is 20.0. The van der Waals surface area contributed by atoms with Crippen LogP contribution in [0.3, 0.4) is 0 Å². The molecule has 1 aromatic carbocycles. The van der Waals surface area contributed by atoms with E-state index in [1.54, 1.807) is 50.3 Å². The Hall–Kier alpha value is -3.84. The Labute approximate surface area is 376 Å². The van der Waals surface area contributed by atoms with Crippen LogP contribution in [0.15, 0.2) is 47.9 Å². The molecule has 4 N–H and O–H groups in total. The number of benzene rings is 1. The van der Waals surface area contributed by atoms with E-state index in [1.807, 2.05) is 59.7 Å². The number of nitrogens with zero attached hydrogens (tertiary/aromatic N) is 4. The molecule has 9 unspecified atom stereocenters. The van der Waals surface area contributed by atoms with Crippen molar-refractivity contribution in [1.82, 2.24) is 35.3 Å². The number of likely N-dealkylation sites (N-methyl/N-ethyl adjacent to an activating group) is 2. The number of aliphatic hydroxyl groups is 1. The third kappa shape index (κ3) is 14.6. The summed E-state index contributed by atoms with van der Waals surface area (Å²) in [6.07, 6.45) is 2.57. The molecule has 62 heavy (non-hydrogen) atoms. The van der Waals surface area contributed by atoms with Crippen molar-refractivity contribution < 1.29 is 43.3 Å². The molecule has 3 rings (SSSR count). The average Bonchev–Trinajstić information content (AvgIpc) is 3.97. The van der Waals surface area contributed by atoms with Gasteiger partial charge in [-0.05, 0) is 61.8 Å². The van der Waals surface area contributed by atoms with E-state index in [4.69, 9.17) is 14.2 Å². The van der Waals surface area contributed by atoms with Crippen LogP contribution in [0.1, 0.15) is 92.7 Å². The first-order valence-corrected chi connectivity index (χ1v) is 23.6. The maximum atomic E-state index is 14.2. The number of rotatable bonds is 24. The summed E-state index contributed by atoms with van der Waals surface area (Å²) in [5, 5.41) is 17.3. The van der Waals surface area contributed by atoms with Crippen LogP contribution in [0, 0.1) is 17.8 Å². The van der Waals surface area contributed by atoms with E-state index in [0.717, 1.165) is 11.6 Å². The van der Waals surface area contributed by atoms with E-state index in [-0.39, 0.29) is 55.2 Å². The molecule has 0 spiro atoms. The number of amides is 5. The Bertz CT molecular complexity index is 1720. The molecule has 1 aromatic heterocycles. The molecule has 16 nitrogen and oxygen atoms in total. The molecule has 9 atom stereocenters. The van der Waals surface area contributed by atoms with Crippen molar-refractivity contribution in [2.45, 2.75) is 133 Å². The van der Waals surface area contributed by atoms with Gasteiger partial charge in [-0.1, -0.05) is 82.2 Å². The summed E-state index contributed by atoms with van der Waals surface area (Å²) in [4.78, 5) is 80.1. The van der Waals surface area contributed by atoms with Gasteiger partial charge in [0.05, 0.1) is 60.1 Å². The fourth-order valence-electron chi connectivity index (χ4n) is 7.94. The molecule has 0 bridgehead atoms. The lowest BCUT2D eigenvalue weighted by molar-refractivity contribution is -0.146. The highest BCUT2D eigenvalue weighted by Gasteiger charge is 2.42. The number of imidazole rings is 1. The van der Waals surface area contributed by atoms with Crippen LogP contribution in [-0.4, -0.2) is 149 Å². The molecule has 1 saturated heterocycles. The van der Waals surface area contributed by atoms with Crippen molar-refractivity contribution in [2.75, 3.05) is 48.0 Å². The first-order valence-electron chi connectivity index (χ1n) is 21.4. The van der Waals surface area contributed by atoms with Gasteiger partial charge in [0.2, 0.25) is 23.6 Å².